The molecule has 0 aliphatic rings. The van der Waals surface area contributed by atoms with Crippen LogP contribution in [0.4, 0.5) is 17.1 Å². The minimum absolute atomic E-state index is 0.0987. The standard InChI is InChI=1S/C16H15N3O4/c1-9-5-6-10(23-9)8-17-12-13(15(21)14(12)20)18-11-4-3-7-19(2)16(11)22/h3-7,17-18H,8H2,1-2H3. The van der Waals surface area contributed by atoms with Crippen LogP contribution in [0.25, 0.3) is 0 Å². The van der Waals surface area contributed by atoms with Crippen LogP contribution in [-0.4, -0.2) is 4.57 Å². The van der Waals surface area contributed by atoms with Gasteiger partial charge in [0.05, 0.1) is 6.54 Å². The number of aryl methyl sites for hydroxylation is 2. The summed E-state index contributed by atoms with van der Waals surface area (Å²) in [6.07, 6.45) is 1.61. The van der Waals surface area contributed by atoms with E-state index in [2.05, 4.69) is 10.6 Å². The maximum Gasteiger partial charge on any atom is 0.273 e. The first-order valence-corrected chi connectivity index (χ1v) is 7.02. The normalized spacial score (nSPS) is 10.9. The fourth-order valence-electron chi connectivity index (χ4n) is 2.26. The van der Waals surface area contributed by atoms with Crippen molar-refractivity contribution < 1.29 is 4.42 Å². The summed E-state index contributed by atoms with van der Waals surface area (Å²) in [5, 5.41) is 5.62. The second-order valence-electron chi connectivity index (χ2n) is 5.24. The Kier molecular flexibility index (Phi) is 3.61. The summed E-state index contributed by atoms with van der Waals surface area (Å²) in [6.45, 7) is 2.10. The van der Waals surface area contributed by atoms with Crippen LogP contribution in [0.3, 0.4) is 0 Å². The average Bonchev–Trinajstić information content (AvgIpc) is 2.95. The molecular formula is C16H15N3O4. The number of rotatable bonds is 5. The third-order valence-corrected chi connectivity index (χ3v) is 3.53. The van der Waals surface area contributed by atoms with Gasteiger partial charge >= 0.3 is 0 Å². The zero-order valence-corrected chi connectivity index (χ0v) is 12.7. The Balaban J connectivity index is 1.82. The maximum atomic E-state index is 12.0. The Hall–Kier alpha value is -3.09. The summed E-state index contributed by atoms with van der Waals surface area (Å²) in [5.74, 6) is 1.41. The van der Waals surface area contributed by atoms with E-state index in [4.69, 9.17) is 4.42 Å². The molecule has 3 aromatic rings. The van der Waals surface area contributed by atoms with Gasteiger partial charge in [-0.05, 0) is 31.2 Å². The summed E-state index contributed by atoms with van der Waals surface area (Å²) in [7, 11) is 1.61. The highest BCUT2D eigenvalue weighted by Crippen LogP contribution is 2.19. The molecule has 2 aromatic heterocycles. The molecule has 0 spiro atoms. The third kappa shape index (κ3) is 2.68. The maximum absolute atomic E-state index is 12.0. The van der Waals surface area contributed by atoms with Gasteiger partial charge in [-0.25, -0.2) is 0 Å². The van der Waals surface area contributed by atoms with Crippen molar-refractivity contribution >= 4 is 17.1 Å². The molecule has 0 saturated carbocycles. The number of hydrogen-bond acceptors (Lipinski definition) is 6. The van der Waals surface area contributed by atoms with Crippen LogP contribution in [0, 0.1) is 6.92 Å². The van der Waals surface area contributed by atoms with E-state index in [1.165, 1.54) is 4.57 Å². The molecular weight excluding hydrogens is 298 g/mol. The number of nitrogens with one attached hydrogen (secondary N) is 2. The van der Waals surface area contributed by atoms with E-state index in [1.54, 1.807) is 31.4 Å². The lowest BCUT2D eigenvalue weighted by molar-refractivity contribution is 0.490. The van der Waals surface area contributed by atoms with Crippen molar-refractivity contribution in [3.05, 3.63) is 72.8 Å². The van der Waals surface area contributed by atoms with E-state index in [9.17, 15) is 14.4 Å². The van der Waals surface area contributed by atoms with E-state index >= 15 is 0 Å². The van der Waals surface area contributed by atoms with Crippen molar-refractivity contribution in [3.8, 4) is 0 Å². The van der Waals surface area contributed by atoms with Crippen molar-refractivity contribution in [3.63, 3.8) is 0 Å². The van der Waals surface area contributed by atoms with E-state index in [0.717, 1.165) is 5.76 Å². The van der Waals surface area contributed by atoms with Crippen molar-refractivity contribution in [1.82, 2.24) is 4.57 Å². The summed E-state index contributed by atoms with van der Waals surface area (Å²) in [5.41, 5.74) is -1.04. The number of aromatic nitrogens is 1. The molecule has 1 aromatic carbocycles. The van der Waals surface area contributed by atoms with Gasteiger partial charge in [0.2, 0.25) is 0 Å². The van der Waals surface area contributed by atoms with Crippen LogP contribution in [0.5, 0.6) is 0 Å². The number of hydrogen-bond donors (Lipinski definition) is 2. The van der Waals surface area contributed by atoms with E-state index < -0.39 is 10.9 Å². The van der Waals surface area contributed by atoms with E-state index in [0.29, 0.717) is 5.76 Å². The molecule has 0 amide bonds. The minimum Gasteiger partial charge on any atom is -0.465 e. The summed E-state index contributed by atoms with van der Waals surface area (Å²) >= 11 is 0. The van der Waals surface area contributed by atoms with Gasteiger partial charge in [-0.15, -0.1) is 0 Å². The molecule has 3 rings (SSSR count). The first-order valence-electron chi connectivity index (χ1n) is 7.02. The molecule has 0 bridgehead atoms. The first kappa shape index (κ1) is 14.8. The van der Waals surface area contributed by atoms with Crippen LogP contribution < -0.4 is 27.1 Å². The molecule has 23 heavy (non-hydrogen) atoms. The Morgan fingerprint density at radius 1 is 1.09 bits per heavy atom. The second kappa shape index (κ2) is 5.60. The molecule has 0 fully saturated rings. The summed E-state index contributed by atoms with van der Waals surface area (Å²) < 4.78 is 6.78. The molecule has 0 aliphatic carbocycles. The smallest absolute Gasteiger partial charge is 0.273 e. The van der Waals surface area contributed by atoms with Gasteiger partial charge in [0, 0.05) is 13.2 Å². The second-order valence-corrected chi connectivity index (χ2v) is 5.24. The predicted molar refractivity (Wildman–Crippen MR) is 87.1 cm³/mol. The van der Waals surface area contributed by atoms with Gasteiger partial charge in [-0.2, -0.15) is 0 Å². The van der Waals surface area contributed by atoms with Crippen LogP contribution in [0.1, 0.15) is 11.5 Å². The lowest BCUT2D eigenvalue weighted by Gasteiger charge is -2.14. The monoisotopic (exact) mass is 313 g/mol. The number of nitrogens with zero attached hydrogens (tertiary/aromatic N) is 1. The molecule has 7 heteroatoms. The SMILES string of the molecule is Cc1ccc(CNc2c(Nc3cccn(C)c3=O)c(=O)c2=O)o1. The molecule has 118 valence electrons. The van der Waals surface area contributed by atoms with Gasteiger partial charge in [0.1, 0.15) is 28.6 Å². The Morgan fingerprint density at radius 3 is 2.52 bits per heavy atom. The van der Waals surface area contributed by atoms with Gasteiger partial charge in [0.15, 0.2) is 0 Å². The number of furan rings is 1. The molecule has 0 radical (unpaired) electrons. The molecule has 0 unspecified atom stereocenters. The zero-order chi connectivity index (χ0) is 16.6. The van der Waals surface area contributed by atoms with Crippen LogP contribution in [0.15, 0.2) is 49.3 Å². The van der Waals surface area contributed by atoms with E-state index in [-0.39, 0.29) is 29.2 Å². The molecule has 2 N–H and O–H groups in total. The molecule has 2 heterocycles. The quantitative estimate of drug-likeness (QED) is 0.688. The van der Waals surface area contributed by atoms with Crippen molar-refractivity contribution in [2.24, 2.45) is 7.05 Å². The van der Waals surface area contributed by atoms with Gasteiger partial charge in [-0.1, -0.05) is 0 Å². The van der Waals surface area contributed by atoms with Gasteiger partial charge < -0.3 is 19.6 Å². The highest BCUT2D eigenvalue weighted by molar-refractivity contribution is 5.78. The van der Waals surface area contributed by atoms with Crippen molar-refractivity contribution in [2.45, 2.75) is 13.5 Å². The van der Waals surface area contributed by atoms with Crippen LogP contribution in [-0.2, 0) is 13.6 Å². The first-order chi connectivity index (χ1) is 11.0. The topological polar surface area (TPSA) is 93.3 Å². The molecule has 7 nitrogen and oxygen atoms in total. The van der Waals surface area contributed by atoms with Crippen molar-refractivity contribution in [1.29, 1.82) is 0 Å². The fourth-order valence-corrected chi connectivity index (χ4v) is 2.26. The predicted octanol–water partition coefficient (Wildman–Crippen LogP) is 1.24. The van der Waals surface area contributed by atoms with Crippen LogP contribution in [0.2, 0.25) is 0 Å². The highest BCUT2D eigenvalue weighted by atomic mass is 16.3. The molecule has 0 atom stereocenters. The average molecular weight is 313 g/mol. The van der Waals surface area contributed by atoms with Gasteiger partial charge in [-0.3, -0.25) is 14.4 Å². The lowest BCUT2D eigenvalue weighted by Crippen LogP contribution is -2.37. The Labute approximate surface area is 130 Å². The highest BCUT2D eigenvalue weighted by Gasteiger charge is 2.21. The number of pyridine rings is 1. The molecule has 0 aliphatic heterocycles. The van der Waals surface area contributed by atoms with Gasteiger partial charge in [0.25, 0.3) is 16.4 Å². The van der Waals surface area contributed by atoms with E-state index in [1.807, 2.05) is 13.0 Å². The summed E-state index contributed by atoms with van der Waals surface area (Å²) in [4.78, 5) is 35.4. The summed E-state index contributed by atoms with van der Waals surface area (Å²) in [6, 6.07) is 6.83. The minimum atomic E-state index is -0.644. The third-order valence-electron chi connectivity index (χ3n) is 3.53. The van der Waals surface area contributed by atoms with Crippen LogP contribution >= 0.6 is 0 Å². The lowest BCUT2D eigenvalue weighted by atomic mass is 10.2. The zero-order valence-electron chi connectivity index (χ0n) is 12.7. The molecule has 0 saturated heterocycles. The Bertz CT molecular complexity index is 990. The number of anilines is 3. The van der Waals surface area contributed by atoms with Crippen molar-refractivity contribution in [2.75, 3.05) is 10.6 Å². The fraction of sp³-hybridized carbons (Fsp3) is 0.188. The largest absolute Gasteiger partial charge is 0.465 e. The Morgan fingerprint density at radius 2 is 1.83 bits per heavy atom.